The van der Waals surface area contributed by atoms with Gasteiger partial charge in [0.05, 0.1) is 4.90 Å². The zero-order valence-corrected chi connectivity index (χ0v) is 10.4. The van der Waals surface area contributed by atoms with Crippen LogP contribution < -0.4 is 0 Å². The standard InChI is InChI=1S/C11H11FO2S2/c1-2-15-6-8-7-16(13,14)10-5-3-4-9(12)11(8)10/h3-5,7H,2,6H2,1H3. The third-order valence-electron chi connectivity index (χ3n) is 2.36. The van der Waals surface area contributed by atoms with E-state index in [-0.39, 0.29) is 10.5 Å². The van der Waals surface area contributed by atoms with Gasteiger partial charge in [0, 0.05) is 16.7 Å². The van der Waals surface area contributed by atoms with Gasteiger partial charge in [0.15, 0.2) is 0 Å². The van der Waals surface area contributed by atoms with E-state index in [1.165, 1.54) is 23.6 Å². The molecule has 2 rings (SSSR count). The van der Waals surface area contributed by atoms with Gasteiger partial charge in [-0.15, -0.1) is 0 Å². The fourth-order valence-corrected chi connectivity index (χ4v) is 3.92. The van der Waals surface area contributed by atoms with Crippen molar-refractivity contribution in [2.45, 2.75) is 11.8 Å². The fraction of sp³-hybridized carbons (Fsp3) is 0.273. The molecule has 1 aromatic carbocycles. The van der Waals surface area contributed by atoms with E-state index < -0.39 is 15.7 Å². The summed E-state index contributed by atoms with van der Waals surface area (Å²) in [5.41, 5.74) is 0.823. The molecule has 0 saturated heterocycles. The minimum atomic E-state index is -3.42. The first kappa shape index (κ1) is 11.7. The molecular formula is C11H11FO2S2. The Balaban J connectivity index is 2.53. The molecule has 0 saturated carbocycles. The van der Waals surface area contributed by atoms with Gasteiger partial charge in [-0.3, -0.25) is 0 Å². The molecule has 1 aliphatic heterocycles. The van der Waals surface area contributed by atoms with Crippen LogP contribution in [-0.4, -0.2) is 19.9 Å². The lowest BCUT2D eigenvalue weighted by Gasteiger charge is -2.04. The van der Waals surface area contributed by atoms with E-state index in [0.29, 0.717) is 11.3 Å². The van der Waals surface area contributed by atoms with Crippen molar-refractivity contribution in [2.24, 2.45) is 0 Å². The second-order valence-electron chi connectivity index (χ2n) is 3.44. The number of hydrogen-bond acceptors (Lipinski definition) is 3. The number of fused-ring (bicyclic) bond motifs is 1. The van der Waals surface area contributed by atoms with E-state index in [1.54, 1.807) is 11.8 Å². The molecule has 0 atom stereocenters. The van der Waals surface area contributed by atoms with Crippen LogP contribution in [0.25, 0.3) is 5.57 Å². The van der Waals surface area contributed by atoms with Gasteiger partial charge in [-0.2, -0.15) is 11.8 Å². The Labute approximate surface area is 98.5 Å². The molecule has 0 bridgehead atoms. The van der Waals surface area contributed by atoms with Crippen molar-refractivity contribution in [3.8, 4) is 0 Å². The maximum Gasteiger partial charge on any atom is 0.200 e. The normalized spacial score (nSPS) is 17.0. The molecule has 0 unspecified atom stereocenters. The monoisotopic (exact) mass is 258 g/mol. The molecule has 0 N–H and O–H groups in total. The number of halogens is 1. The molecule has 0 radical (unpaired) electrons. The van der Waals surface area contributed by atoms with Crippen LogP contribution in [0.5, 0.6) is 0 Å². The van der Waals surface area contributed by atoms with Crippen LogP contribution in [0.15, 0.2) is 28.5 Å². The number of thioether (sulfide) groups is 1. The maximum atomic E-state index is 13.6. The lowest BCUT2D eigenvalue weighted by atomic mass is 10.1. The number of rotatable bonds is 3. The molecule has 2 nitrogen and oxygen atoms in total. The SMILES string of the molecule is CCSCC1=CS(=O)(=O)c2cccc(F)c21. The lowest BCUT2D eigenvalue weighted by Crippen LogP contribution is -1.95. The molecule has 86 valence electrons. The predicted molar refractivity (Wildman–Crippen MR) is 64.6 cm³/mol. The molecule has 16 heavy (non-hydrogen) atoms. The van der Waals surface area contributed by atoms with Crippen LogP contribution in [0.2, 0.25) is 0 Å². The Kier molecular flexibility index (Phi) is 3.08. The molecule has 0 aromatic heterocycles. The van der Waals surface area contributed by atoms with Gasteiger partial charge in [0.1, 0.15) is 5.82 Å². The van der Waals surface area contributed by atoms with Crippen LogP contribution in [0, 0.1) is 5.82 Å². The first-order chi connectivity index (χ1) is 7.56. The summed E-state index contributed by atoms with van der Waals surface area (Å²) >= 11 is 1.58. The lowest BCUT2D eigenvalue weighted by molar-refractivity contribution is 0.599. The van der Waals surface area contributed by atoms with Gasteiger partial charge in [-0.05, 0) is 23.5 Å². The molecule has 1 aromatic rings. The van der Waals surface area contributed by atoms with E-state index in [0.717, 1.165) is 5.75 Å². The zero-order chi connectivity index (χ0) is 11.8. The number of benzene rings is 1. The minimum Gasteiger partial charge on any atom is -0.219 e. The molecule has 1 heterocycles. The highest BCUT2D eigenvalue weighted by atomic mass is 32.2. The molecule has 5 heteroatoms. The highest BCUT2D eigenvalue weighted by molar-refractivity contribution is 8.00. The van der Waals surface area contributed by atoms with Crippen molar-refractivity contribution in [1.29, 1.82) is 0 Å². The fourth-order valence-electron chi connectivity index (χ4n) is 1.68. The van der Waals surface area contributed by atoms with Gasteiger partial charge in [-0.1, -0.05) is 13.0 Å². The van der Waals surface area contributed by atoms with Crippen molar-refractivity contribution in [2.75, 3.05) is 11.5 Å². The number of hydrogen-bond donors (Lipinski definition) is 0. The third kappa shape index (κ3) is 1.89. The van der Waals surface area contributed by atoms with Crippen molar-refractivity contribution in [3.63, 3.8) is 0 Å². The van der Waals surface area contributed by atoms with E-state index in [2.05, 4.69) is 0 Å². The summed E-state index contributed by atoms with van der Waals surface area (Å²) in [6.45, 7) is 1.98. The van der Waals surface area contributed by atoms with Crippen LogP contribution >= 0.6 is 11.8 Å². The largest absolute Gasteiger partial charge is 0.219 e. The van der Waals surface area contributed by atoms with Crippen LogP contribution in [-0.2, 0) is 9.84 Å². The summed E-state index contributed by atoms with van der Waals surface area (Å²) in [6.07, 6.45) is 0. The van der Waals surface area contributed by atoms with Crippen LogP contribution in [0.1, 0.15) is 12.5 Å². The Morgan fingerprint density at radius 3 is 2.81 bits per heavy atom. The van der Waals surface area contributed by atoms with E-state index in [9.17, 15) is 12.8 Å². The minimum absolute atomic E-state index is 0.0965. The van der Waals surface area contributed by atoms with E-state index in [1.807, 2.05) is 6.92 Å². The highest BCUT2D eigenvalue weighted by Crippen LogP contribution is 2.36. The zero-order valence-electron chi connectivity index (χ0n) is 8.73. The van der Waals surface area contributed by atoms with E-state index >= 15 is 0 Å². The van der Waals surface area contributed by atoms with Gasteiger partial charge >= 0.3 is 0 Å². The summed E-state index contributed by atoms with van der Waals surface area (Å²) in [4.78, 5) is 0.0965. The average Bonchev–Trinajstić information content (AvgIpc) is 2.49. The van der Waals surface area contributed by atoms with Gasteiger partial charge < -0.3 is 0 Å². The molecule has 0 amide bonds. The number of sulfone groups is 1. The predicted octanol–water partition coefficient (Wildman–Crippen LogP) is 2.71. The molecule has 0 spiro atoms. The Bertz CT molecular complexity index is 547. The van der Waals surface area contributed by atoms with Crippen molar-refractivity contribution >= 4 is 27.2 Å². The Morgan fingerprint density at radius 2 is 2.12 bits per heavy atom. The first-order valence-corrected chi connectivity index (χ1v) is 7.58. The summed E-state index contributed by atoms with van der Waals surface area (Å²) in [7, 11) is -3.42. The van der Waals surface area contributed by atoms with Gasteiger partial charge in [-0.25, -0.2) is 12.8 Å². The van der Waals surface area contributed by atoms with Crippen LogP contribution in [0.3, 0.4) is 0 Å². The second-order valence-corrected chi connectivity index (χ2v) is 6.48. The second kappa shape index (κ2) is 4.22. The van der Waals surface area contributed by atoms with Crippen molar-refractivity contribution < 1.29 is 12.8 Å². The van der Waals surface area contributed by atoms with Gasteiger partial charge in [0.2, 0.25) is 9.84 Å². The summed E-state index contributed by atoms with van der Waals surface area (Å²) < 4.78 is 37.0. The topological polar surface area (TPSA) is 34.1 Å². The molecule has 1 aliphatic rings. The summed E-state index contributed by atoms with van der Waals surface area (Å²) in [6, 6.07) is 4.17. The van der Waals surface area contributed by atoms with Gasteiger partial charge in [0.25, 0.3) is 0 Å². The quantitative estimate of drug-likeness (QED) is 0.836. The first-order valence-electron chi connectivity index (χ1n) is 4.88. The Morgan fingerprint density at radius 1 is 1.38 bits per heavy atom. The third-order valence-corrected chi connectivity index (χ3v) is 4.83. The average molecular weight is 258 g/mol. The highest BCUT2D eigenvalue weighted by Gasteiger charge is 2.28. The summed E-state index contributed by atoms with van der Waals surface area (Å²) in [5.74, 6) is 0.951. The van der Waals surface area contributed by atoms with Crippen LogP contribution in [0.4, 0.5) is 4.39 Å². The Hall–Kier alpha value is -0.810. The molecule has 0 fully saturated rings. The molecular weight excluding hydrogens is 247 g/mol. The molecule has 0 aliphatic carbocycles. The van der Waals surface area contributed by atoms with Crippen molar-refractivity contribution in [1.82, 2.24) is 0 Å². The summed E-state index contributed by atoms with van der Waals surface area (Å²) in [5, 5.41) is 1.18. The van der Waals surface area contributed by atoms with E-state index in [4.69, 9.17) is 0 Å². The maximum absolute atomic E-state index is 13.6. The van der Waals surface area contributed by atoms with Crippen molar-refractivity contribution in [3.05, 3.63) is 35.0 Å². The smallest absolute Gasteiger partial charge is 0.200 e.